The summed E-state index contributed by atoms with van der Waals surface area (Å²) >= 11 is 1.30. The molecule has 0 aliphatic carbocycles. The largest absolute Gasteiger partial charge is 0.497 e. The molecule has 2 aromatic rings. The van der Waals surface area contributed by atoms with Crippen LogP contribution in [0, 0.1) is 0 Å². The number of amides is 2. The summed E-state index contributed by atoms with van der Waals surface area (Å²) in [6.45, 7) is 0.489. The van der Waals surface area contributed by atoms with E-state index in [9.17, 15) is 27.6 Å². The van der Waals surface area contributed by atoms with E-state index < -0.39 is 41.9 Å². The Labute approximate surface area is 192 Å². The number of thioether (sulfide) groups is 1. The SMILES string of the molecule is COc1ccc(C2Sc3ccccc3N(CCNC(=O)C(F)(F)F)C(=O)C2OC(C)=O)cc1. The van der Waals surface area contributed by atoms with Gasteiger partial charge in [0.25, 0.3) is 5.91 Å². The van der Waals surface area contributed by atoms with Crippen molar-refractivity contribution in [2.45, 2.75) is 29.3 Å². The number of hydrogen-bond acceptors (Lipinski definition) is 6. The maximum atomic E-state index is 13.5. The van der Waals surface area contributed by atoms with Gasteiger partial charge >= 0.3 is 18.1 Å². The Morgan fingerprint density at radius 2 is 1.79 bits per heavy atom. The van der Waals surface area contributed by atoms with Crippen molar-refractivity contribution in [1.82, 2.24) is 5.32 Å². The molecule has 1 aliphatic rings. The third kappa shape index (κ3) is 5.78. The quantitative estimate of drug-likeness (QED) is 0.635. The zero-order valence-corrected chi connectivity index (χ0v) is 18.5. The Balaban J connectivity index is 1.96. The molecule has 0 saturated heterocycles. The van der Waals surface area contributed by atoms with Gasteiger partial charge in [-0.25, -0.2) is 0 Å². The van der Waals surface area contributed by atoms with Crippen molar-refractivity contribution in [2.75, 3.05) is 25.1 Å². The van der Waals surface area contributed by atoms with Gasteiger partial charge in [-0.15, -0.1) is 11.8 Å². The van der Waals surface area contributed by atoms with E-state index in [1.165, 1.54) is 30.7 Å². The zero-order chi connectivity index (χ0) is 24.2. The van der Waals surface area contributed by atoms with Gasteiger partial charge in [-0.3, -0.25) is 14.4 Å². The molecule has 176 valence electrons. The minimum atomic E-state index is -5.03. The molecule has 1 aliphatic heterocycles. The molecule has 7 nitrogen and oxygen atoms in total. The van der Waals surface area contributed by atoms with Gasteiger partial charge in [0.2, 0.25) is 0 Å². The lowest BCUT2D eigenvalue weighted by molar-refractivity contribution is -0.173. The number of fused-ring (bicyclic) bond motifs is 1. The average Bonchev–Trinajstić information content (AvgIpc) is 2.88. The van der Waals surface area contributed by atoms with Gasteiger partial charge < -0.3 is 19.7 Å². The topological polar surface area (TPSA) is 84.9 Å². The van der Waals surface area contributed by atoms with E-state index in [1.807, 2.05) is 0 Å². The van der Waals surface area contributed by atoms with Crippen LogP contribution >= 0.6 is 11.8 Å². The van der Waals surface area contributed by atoms with Gasteiger partial charge in [0, 0.05) is 24.9 Å². The summed E-state index contributed by atoms with van der Waals surface area (Å²) in [6.07, 6.45) is -6.28. The highest BCUT2D eigenvalue weighted by atomic mass is 32.2. The van der Waals surface area contributed by atoms with E-state index in [0.29, 0.717) is 21.9 Å². The maximum Gasteiger partial charge on any atom is 0.471 e. The minimum absolute atomic E-state index is 0.245. The number of alkyl halides is 3. The van der Waals surface area contributed by atoms with Crippen molar-refractivity contribution in [3.8, 4) is 5.75 Å². The summed E-state index contributed by atoms with van der Waals surface area (Å²) in [5.74, 6) is -2.77. The van der Waals surface area contributed by atoms with Crippen molar-refractivity contribution in [3.63, 3.8) is 0 Å². The summed E-state index contributed by atoms with van der Waals surface area (Å²) in [5, 5.41) is 1.14. The lowest BCUT2D eigenvalue weighted by Crippen LogP contribution is -2.47. The molecular formula is C22H21F3N2O5S. The van der Waals surface area contributed by atoms with Crippen LogP contribution in [0.4, 0.5) is 18.9 Å². The molecule has 1 heterocycles. The number of methoxy groups -OCH3 is 1. The molecule has 33 heavy (non-hydrogen) atoms. The normalized spacial score (nSPS) is 18.2. The van der Waals surface area contributed by atoms with Crippen molar-refractivity contribution < 1.29 is 37.0 Å². The number of benzene rings is 2. The second-order valence-corrected chi connectivity index (χ2v) is 8.24. The standard InChI is InChI=1S/C22H21F3N2O5S/c1-13(28)32-18-19(14-7-9-15(31-2)10-8-14)33-17-6-4-3-5-16(17)27(20(18)29)12-11-26-21(30)22(23,24)25/h3-10,18-19H,11-12H2,1-2H3,(H,26,30). The number of nitrogens with zero attached hydrogens (tertiary/aromatic N) is 1. The lowest BCUT2D eigenvalue weighted by atomic mass is 10.1. The number of ether oxygens (including phenoxy) is 2. The van der Waals surface area contributed by atoms with Crippen LogP contribution < -0.4 is 15.0 Å². The number of para-hydroxylation sites is 1. The fourth-order valence-electron chi connectivity index (χ4n) is 3.32. The third-order valence-corrected chi connectivity index (χ3v) is 6.18. The van der Waals surface area contributed by atoms with E-state index >= 15 is 0 Å². The molecule has 0 radical (unpaired) electrons. The fourth-order valence-corrected chi connectivity index (χ4v) is 4.64. The van der Waals surface area contributed by atoms with Gasteiger partial charge in [0.15, 0.2) is 6.10 Å². The first-order valence-corrected chi connectivity index (χ1v) is 10.7. The average molecular weight is 482 g/mol. The second-order valence-electron chi connectivity index (χ2n) is 7.05. The Hall–Kier alpha value is -3.21. The molecule has 11 heteroatoms. The van der Waals surface area contributed by atoms with Crippen LogP contribution in [0.15, 0.2) is 53.4 Å². The Morgan fingerprint density at radius 1 is 1.12 bits per heavy atom. The number of hydrogen-bond donors (Lipinski definition) is 1. The summed E-state index contributed by atoms with van der Waals surface area (Å²) in [4.78, 5) is 38.4. The summed E-state index contributed by atoms with van der Waals surface area (Å²) in [7, 11) is 1.52. The first-order valence-electron chi connectivity index (χ1n) is 9.85. The van der Waals surface area contributed by atoms with Gasteiger partial charge in [0.05, 0.1) is 18.0 Å². The molecule has 2 unspecified atom stereocenters. The number of esters is 1. The van der Waals surface area contributed by atoms with Crippen LogP contribution in [0.5, 0.6) is 5.75 Å². The number of carbonyl (C=O) groups excluding carboxylic acids is 3. The van der Waals surface area contributed by atoms with Crippen LogP contribution in [0.3, 0.4) is 0 Å². The highest BCUT2D eigenvalue weighted by Gasteiger charge is 2.41. The van der Waals surface area contributed by atoms with Gasteiger partial charge in [-0.2, -0.15) is 13.2 Å². The van der Waals surface area contributed by atoms with Gasteiger partial charge in [-0.1, -0.05) is 24.3 Å². The highest BCUT2D eigenvalue weighted by Crippen LogP contribution is 2.46. The van der Waals surface area contributed by atoms with Crippen molar-refractivity contribution in [3.05, 3.63) is 54.1 Å². The number of anilines is 1. The summed E-state index contributed by atoms with van der Waals surface area (Å²) < 4.78 is 48.2. The maximum absolute atomic E-state index is 13.5. The van der Waals surface area contributed by atoms with Crippen LogP contribution in [0.25, 0.3) is 0 Å². The molecule has 0 fully saturated rings. The summed E-state index contributed by atoms with van der Waals surface area (Å²) in [5.41, 5.74) is 1.14. The molecular weight excluding hydrogens is 461 g/mol. The van der Waals surface area contributed by atoms with Crippen molar-refractivity contribution in [1.29, 1.82) is 0 Å². The molecule has 2 amide bonds. The van der Waals surface area contributed by atoms with E-state index in [1.54, 1.807) is 53.8 Å². The second kappa shape index (κ2) is 10.2. The van der Waals surface area contributed by atoms with Crippen molar-refractivity contribution >= 4 is 35.2 Å². The van der Waals surface area contributed by atoms with E-state index in [0.717, 1.165) is 0 Å². The molecule has 0 aromatic heterocycles. The van der Waals surface area contributed by atoms with Crippen LogP contribution in [-0.4, -0.2) is 50.3 Å². The first kappa shape index (κ1) is 24.4. The molecule has 1 N–H and O–H groups in total. The molecule has 0 spiro atoms. The Morgan fingerprint density at radius 3 is 2.39 bits per heavy atom. The Kier molecular flexibility index (Phi) is 7.52. The van der Waals surface area contributed by atoms with Crippen LogP contribution in [-0.2, 0) is 19.1 Å². The smallest absolute Gasteiger partial charge is 0.471 e. The predicted molar refractivity (Wildman–Crippen MR) is 115 cm³/mol. The van der Waals surface area contributed by atoms with Gasteiger partial charge in [-0.05, 0) is 29.8 Å². The first-order chi connectivity index (χ1) is 15.6. The van der Waals surface area contributed by atoms with E-state index in [2.05, 4.69) is 0 Å². The molecule has 0 saturated carbocycles. The van der Waals surface area contributed by atoms with E-state index in [4.69, 9.17) is 9.47 Å². The number of rotatable bonds is 6. The minimum Gasteiger partial charge on any atom is -0.497 e. The molecule has 2 atom stereocenters. The van der Waals surface area contributed by atoms with Gasteiger partial charge in [0.1, 0.15) is 5.75 Å². The number of nitrogens with one attached hydrogen (secondary N) is 1. The molecule has 2 aromatic carbocycles. The fraction of sp³-hybridized carbons (Fsp3) is 0.318. The van der Waals surface area contributed by atoms with Crippen molar-refractivity contribution in [2.24, 2.45) is 0 Å². The predicted octanol–water partition coefficient (Wildman–Crippen LogP) is 3.49. The summed E-state index contributed by atoms with van der Waals surface area (Å²) in [6, 6.07) is 13.8. The lowest BCUT2D eigenvalue weighted by Gasteiger charge is -2.27. The van der Waals surface area contributed by atoms with Crippen LogP contribution in [0.2, 0.25) is 0 Å². The third-order valence-electron chi connectivity index (χ3n) is 4.81. The molecule has 3 rings (SSSR count). The number of halogens is 3. The monoisotopic (exact) mass is 482 g/mol. The highest BCUT2D eigenvalue weighted by molar-refractivity contribution is 7.99. The number of carbonyl (C=O) groups is 3. The van der Waals surface area contributed by atoms with Crippen LogP contribution in [0.1, 0.15) is 17.7 Å². The Bertz CT molecular complexity index is 1030. The zero-order valence-electron chi connectivity index (χ0n) is 17.7. The molecule has 0 bridgehead atoms. The van der Waals surface area contributed by atoms with E-state index in [-0.39, 0.29) is 6.54 Å².